The second-order valence-electron chi connectivity index (χ2n) is 12.8. The molecule has 1 aliphatic carbocycles. The van der Waals surface area contributed by atoms with Crippen molar-refractivity contribution >= 4 is 17.7 Å². The molecule has 1 aromatic carbocycles. The maximum atomic E-state index is 13.9. The van der Waals surface area contributed by atoms with Crippen LogP contribution in [0.5, 0.6) is 0 Å². The minimum Gasteiger partial charge on any atom is -0.389 e. The van der Waals surface area contributed by atoms with Gasteiger partial charge in [0.1, 0.15) is 12.1 Å². The summed E-state index contributed by atoms with van der Waals surface area (Å²) in [5.41, 5.74) is 0.895. The topological polar surface area (TPSA) is 122 Å². The number of carbonyl (C=O) groups is 3. The van der Waals surface area contributed by atoms with E-state index in [1.54, 1.807) is 11.9 Å². The van der Waals surface area contributed by atoms with E-state index in [0.29, 0.717) is 32.4 Å². The van der Waals surface area contributed by atoms with Crippen LogP contribution in [0, 0.1) is 42.4 Å². The molecule has 1 saturated carbocycles. The summed E-state index contributed by atoms with van der Waals surface area (Å²) in [5, 5.41) is 27.5. The predicted octanol–water partition coefficient (Wildman–Crippen LogP) is 2.99. The maximum absolute atomic E-state index is 13.9. The van der Waals surface area contributed by atoms with Crippen molar-refractivity contribution in [3.8, 4) is 24.7 Å². The monoisotopic (exact) mass is 636 g/mol. The molecule has 0 radical (unpaired) electrons. The summed E-state index contributed by atoms with van der Waals surface area (Å²) in [4.78, 5) is 44.9. The minimum absolute atomic E-state index is 0.0322. The van der Waals surface area contributed by atoms with Gasteiger partial charge in [0, 0.05) is 38.9 Å². The average Bonchev–Trinajstić information content (AvgIpc) is 3.06. The first-order valence-electron chi connectivity index (χ1n) is 16.9. The molecule has 4 unspecified atom stereocenters. The molecular weight excluding hydrogens is 580 g/mol. The Bertz CT molecular complexity index is 1160. The van der Waals surface area contributed by atoms with Crippen LogP contribution in [0.1, 0.15) is 77.2 Å². The number of terminal acetylenes is 2. The van der Waals surface area contributed by atoms with E-state index in [1.807, 2.05) is 51.2 Å². The van der Waals surface area contributed by atoms with Crippen LogP contribution < -0.4 is 10.6 Å². The lowest BCUT2D eigenvalue weighted by Gasteiger charge is -2.34. The molecule has 0 spiro atoms. The number of amides is 3. The fourth-order valence-corrected chi connectivity index (χ4v) is 6.04. The summed E-state index contributed by atoms with van der Waals surface area (Å²) < 4.78 is 0. The van der Waals surface area contributed by atoms with Crippen molar-refractivity contribution in [2.75, 3.05) is 33.7 Å². The highest BCUT2D eigenvalue weighted by Crippen LogP contribution is 2.29. The summed E-state index contributed by atoms with van der Waals surface area (Å²) in [5.74, 6) is 2.80. The van der Waals surface area contributed by atoms with Crippen LogP contribution in [-0.2, 0) is 20.8 Å². The lowest BCUT2D eigenvalue weighted by molar-refractivity contribution is -0.137. The third-order valence-corrected chi connectivity index (χ3v) is 9.31. The molecule has 9 nitrogen and oxygen atoms in total. The van der Waals surface area contributed by atoms with Crippen LogP contribution in [0.2, 0.25) is 0 Å². The predicted molar refractivity (Wildman–Crippen MR) is 182 cm³/mol. The van der Waals surface area contributed by atoms with Gasteiger partial charge in [0.05, 0.1) is 18.1 Å². The minimum atomic E-state index is -1.28. The molecule has 6 atom stereocenters. The number of benzene rings is 1. The van der Waals surface area contributed by atoms with Gasteiger partial charge in [-0.15, -0.1) is 24.7 Å². The molecular formula is C37H56N4O5. The number of aliphatic hydroxyl groups is 2. The molecule has 0 aliphatic heterocycles. The molecule has 0 heterocycles. The van der Waals surface area contributed by atoms with Crippen molar-refractivity contribution in [2.24, 2.45) is 17.8 Å². The maximum Gasteiger partial charge on any atom is 0.244 e. The van der Waals surface area contributed by atoms with Crippen LogP contribution in [-0.4, -0.2) is 95.8 Å². The summed E-state index contributed by atoms with van der Waals surface area (Å²) in [7, 11) is 3.72. The molecule has 0 bridgehead atoms. The van der Waals surface area contributed by atoms with E-state index in [1.165, 1.54) is 0 Å². The van der Waals surface area contributed by atoms with E-state index in [2.05, 4.69) is 27.4 Å². The zero-order valence-electron chi connectivity index (χ0n) is 28.3. The highest BCUT2D eigenvalue weighted by molar-refractivity contribution is 5.91. The van der Waals surface area contributed by atoms with E-state index >= 15 is 0 Å². The molecule has 1 fully saturated rings. The van der Waals surface area contributed by atoms with Crippen molar-refractivity contribution in [1.82, 2.24) is 20.4 Å². The quantitative estimate of drug-likeness (QED) is 0.173. The van der Waals surface area contributed by atoms with E-state index in [0.717, 1.165) is 44.2 Å². The molecule has 254 valence electrons. The first-order chi connectivity index (χ1) is 22.0. The first kappa shape index (κ1) is 38.8. The number of likely N-dealkylation sites (N-methyl/N-ethyl adjacent to an activating group) is 2. The van der Waals surface area contributed by atoms with Crippen molar-refractivity contribution in [2.45, 2.75) is 102 Å². The van der Waals surface area contributed by atoms with Gasteiger partial charge in [-0.3, -0.25) is 14.4 Å². The highest BCUT2D eigenvalue weighted by Gasteiger charge is 2.36. The number of rotatable bonds is 19. The molecule has 0 aromatic heterocycles. The Hall–Kier alpha value is -3.37. The van der Waals surface area contributed by atoms with Crippen LogP contribution in [0.15, 0.2) is 30.3 Å². The lowest BCUT2D eigenvalue weighted by atomic mass is 9.82. The normalized spacial score (nSPS) is 17.4. The summed E-state index contributed by atoms with van der Waals surface area (Å²) in [6.45, 7) is 5.99. The molecule has 4 N–H and O–H groups in total. The number of nitrogens with one attached hydrogen (secondary N) is 2. The van der Waals surface area contributed by atoms with Gasteiger partial charge in [-0.2, -0.15) is 0 Å². The van der Waals surface area contributed by atoms with Crippen LogP contribution in [0.25, 0.3) is 0 Å². The molecule has 46 heavy (non-hydrogen) atoms. The molecule has 3 amide bonds. The molecule has 1 aliphatic rings. The Kier molecular flexibility index (Phi) is 17.5. The zero-order valence-corrected chi connectivity index (χ0v) is 28.3. The van der Waals surface area contributed by atoms with Gasteiger partial charge in [-0.25, -0.2) is 0 Å². The van der Waals surface area contributed by atoms with Gasteiger partial charge in [0.25, 0.3) is 0 Å². The fourth-order valence-electron chi connectivity index (χ4n) is 6.04. The van der Waals surface area contributed by atoms with E-state index < -0.39 is 47.9 Å². The molecule has 1 aromatic rings. The van der Waals surface area contributed by atoms with Gasteiger partial charge < -0.3 is 30.6 Å². The van der Waals surface area contributed by atoms with Crippen LogP contribution in [0.3, 0.4) is 0 Å². The standard InChI is InChI=1S/C37H56N4O5/c1-7-17-32(42)35(44)31(25-28-20-15-12-16-21-28)38-37(46)34(29(8-2)9-3)39-36(45)30(24-27-18-13-11-14-19-27)26-33(43)41(6)23-22-40(5)10-4/h1-2,11,13-14,18-19,28-32,34-35,42,44H,9-10,12,15-17,20-26H2,3-6H3,(H,38,46)(H,39,45)/t29?,30?,31?,32?,34-,35+/m0/s1. The zero-order chi connectivity index (χ0) is 34.1. The Labute approximate surface area is 276 Å². The molecule has 0 saturated heterocycles. The van der Waals surface area contributed by atoms with Crippen molar-refractivity contribution in [1.29, 1.82) is 0 Å². The van der Waals surface area contributed by atoms with E-state index in [4.69, 9.17) is 12.8 Å². The second kappa shape index (κ2) is 20.7. The number of nitrogens with zero attached hydrogens (tertiary/aromatic N) is 2. The Balaban J connectivity index is 2.30. The van der Waals surface area contributed by atoms with Gasteiger partial charge >= 0.3 is 0 Å². The third-order valence-electron chi connectivity index (χ3n) is 9.31. The number of hydrogen-bond donors (Lipinski definition) is 4. The lowest BCUT2D eigenvalue weighted by Crippen LogP contribution is -2.57. The van der Waals surface area contributed by atoms with Gasteiger partial charge in [-0.05, 0) is 44.3 Å². The Morgan fingerprint density at radius 2 is 1.65 bits per heavy atom. The second-order valence-corrected chi connectivity index (χ2v) is 12.8. The molecule has 2 rings (SSSR count). The number of aliphatic hydroxyl groups excluding tert-OH is 2. The van der Waals surface area contributed by atoms with Gasteiger partial charge in [-0.1, -0.05) is 76.3 Å². The SMILES string of the molecule is C#CCC(O)[C@H](O)C(CC1CCCCC1)NC(=O)[C@@H](NC(=O)C(CC(=O)N(C)CCN(C)CC)Cc1ccccc1)C(C#C)CC. The number of carbonyl (C=O) groups excluding carboxylic acids is 3. The van der Waals surface area contributed by atoms with E-state index in [-0.39, 0.29) is 24.7 Å². The van der Waals surface area contributed by atoms with Crippen LogP contribution in [0.4, 0.5) is 0 Å². The number of hydrogen-bond acceptors (Lipinski definition) is 6. The Morgan fingerprint density at radius 1 is 0.978 bits per heavy atom. The summed E-state index contributed by atoms with van der Waals surface area (Å²) >= 11 is 0. The third kappa shape index (κ3) is 12.8. The average molecular weight is 637 g/mol. The van der Waals surface area contributed by atoms with Gasteiger partial charge in [0.2, 0.25) is 17.7 Å². The highest BCUT2D eigenvalue weighted by atomic mass is 16.3. The van der Waals surface area contributed by atoms with E-state index in [9.17, 15) is 24.6 Å². The molecule has 9 heteroatoms. The fraction of sp³-hybridized carbons (Fsp3) is 0.649. The largest absolute Gasteiger partial charge is 0.389 e. The van der Waals surface area contributed by atoms with Crippen molar-refractivity contribution in [3.05, 3.63) is 35.9 Å². The van der Waals surface area contributed by atoms with Gasteiger partial charge in [0.15, 0.2) is 0 Å². The first-order valence-corrected chi connectivity index (χ1v) is 16.9. The Morgan fingerprint density at radius 3 is 2.24 bits per heavy atom. The smallest absolute Gasteiger partial charge is 0.244 e. The summed E-state index contributed by atoms with van der Waals surface area (Å²) in [6, 6.07) is 7.59. The summed E-state index contributed by atoms with van der Waals surface area (Å²) in [6.07, 6.45) is 15.1. The van der Waals surface area contributed by atoms with Crippen molar-refractivity contribution in [3.63, 3.8) is 0 Å². The van der Waals surface area contributed by atoms with Crippen LogP contribution >= 0.6 is 0 Å². The van der Waals surface area contributed by atoms with Crippen molar-refractivity contribution < 1.29 is 24.6 Å².